The minimum atomic E-state index is 0.777. The number of fused-ring (bicyclic) bond motifs is 2. The molecule has 0 aromatic heterocycles. The Kier molecular flexibility index (Phi) is 14.1. The number of hydrogen-bond donors (Lipinski definition) is 0. The number of alkyl halides is 1. The summed E-state index contributed by atoms with van der Waals surface area (Å²) in [5, 5.41) is 6.31. The fourth-order valence-corrected chi connectivity index (χ4v) is 9.10. The van der Waals surface area contributed by atoms with Crippen LogP contribution in [0.2, 0.25) is 6.32 Å². The van der Waals surface area contributed by atoms with Crippen LogP contribution in [-0.4, -0.2) is 13.2 Å². The molecule has 60 heavy (non-hydrogen) atoms. The molecule has 0 heterocycles. The average Bonchev–Trinajstić information content (AvgIpc) is 3.31. The number of hydrogen-bond acceptors (Lipinski definition) is 2. The smallest absolute Gasteiger partial charge is 0.0653 e. The van der Waals surface area contributed by atoms with Gasteiger partial charge >= 0.3 is 0 Å². The van der Waals surface area contributed by atoms with Crippen molar-refractivity contribution >= 4 is 79.4 Å². The van der Waals surface area contributed by atoms with Gasteiger partial charge < -0.3 is 9.80 Å². The lowest BCUT2D eigenvalue weighted by Crippen LogP contribution is -2.11. The van der Waals surface area contributed by atoms with Crippen molar-refractivity contribution in [1.29, 1.82) is 0 Å². The van der Waals surface area contributed by atoms with E-state index in [0.29, 0.717) is 0 Å². The highest BCUT2D eigenvalue weighted by atomic mass is 79.9. The summed E-state index contributed by atoms with van der Waals surface area (Å²) in [5.41, 5.74) is 12.1. The first kappa shape index (κ1) is 41.2. The maximum Gasteiger partial charge on any atom is 0.0653 e. The maximum absolute atomic E-state index is 5.76. The van der Waals surface area contributed by atoms with Gasteiger partial charge in [0, 0.05) is 38.9 Å². The lowest BCUT2D eigenvalue weighted by molar-refractivity contribution is 0.668. The first-order valence-corrected chi connectivity index (χ1v) is 23.0. The van der Waals surface area contributed by atoms with E-state index in [9.17, 15) is 0 Å². The van der Waals surface area contributed by atoms with E-state index in [1.807, 2.05) is 0 Å². The molecule has 8 aromatic rings. The van der Waals surface area contributed by atoms with Gasteiger partial charge in [-0.05, 0) is 126 Å². The molecule has 2 nitrogen and oxygen atoms in total. The average molecular weight is 846 g/mol. The molecule has 0 atom stereocenters. The molecule has 0 aliphatic carbocycles. The van der Waals surface area contributed by atoms with Gasteiger partial charge in [0.05, 0.1) is 19.2 Å². The number of halogens is 1. The van der Waals surface area contributed by atoms with Gasteiger partial charge in [0.1, 0.15) is 0 Å². The topological polar surface area (TPSA) is 6.48 Å². The Labute approximate surface area is 367 Å². The van der Waals surface area contributed by atoms with Gasteiger partial charge in [-0.25, -0.2) is 0 Å². The lowest BCUT2D eigenvalue weighted by Gasteiger charge is -2.28. The second kappa shape index (κ2) is 20.6. The summed E-state index contributed by atoms with van der Waals surface area (Å²) in [5.74, 6) is 0. The Bertz CT molecular complexity index is 2390. The summed E-state index contributed by atoms with van der Waals surface area (Å²) in [4.78, 5) is 4.81. The van der Waals surface area contributed by atoms with Gasteiger partial charge in [-0.15, -0.1) is 0 Å². The van der Waals surface area contributed by atoms with Gasteiger partial charge in [-0.2, -0.15) is 0 Å². The van der Waals surface area contributed by atoms with Crippen molar-refractivity contribution < 1.29 is 0 Å². The van der Waals surface area contributed by atoms with Crippen LogP contribution in [0.1, 0.15) is 62.5 Å². The van der Waals surface area contributed by atoms with Gasteiger partial charge in [0.15, 0.2) is 0 Å². The summed E-state index contributed by atoms with van der Waals surface area (Å²) in [6, 6.07) is 66.8. The largest absolute Gasteiger partial charge is 0.310 e. The number of anilines is 6. The second-order valence-electron chi connectivity index (χ2n) is 15.8. The molecule has 0 unspecified atom stereocenters. The maximum atomic E-state index is 5.76. The molecule has 0 bridgehead atoms. The molecule has 0 spiro atoms. The summed E-state index contributed by atoms with van der Waals surface area (Å²) >= 11 is 3.58. The Morgan fingerprint density at radius 1 is 0.333 bits per heavy atom. The summed E-state index contributed by atoms with van der Waals surface area (Å²) in [6.45, 7) is 0. The normalized spacial score (nSPS) is 11.3. The monoisotopic (exact) mass is 844 g/mol. The van der Waals surface area contributed by atoms with E-state index in [2.05, 4.69) is 208 Å². The first-order chi connectivity index (χ1) is 29.7. The van der Waals surface area contributed by atoms with Crippen molar-refractivity contribution in [3.63, 3.8) is 0 Å². The van der Waals surface area contributed by atoms with E-state index >= 15 is 0 Å². The predicted octanol–water partition coefficient (Wildman–Crippen LogP) is 16.8. The van der Waals surface area contributed by atoms with Crippen LogP contribution in [0.15, 0.2) is 182 Å². The van der Waals surface area contributed by atoms with Crippen molar-refractivity contribution in [3.05, 3.63) is 193 Å². The van der Waals surface area contributed by atoms with Crippen LogP contribution in [0.5, 0.6) is 0 Å². The zero-order valence-electron chi connectivity index (χ0n) is 34.7. The van der Waals surface area contributed by atoms with Crippen molar-refractivity contribution in [2.24, 2.45) is 0 Å². The molecule has 8 aromatic carbocycles. The Morgan fingerprint density at radius 3 is 1.12 bits per heavy atom. The standard InChI is InChI=1S/C56H54BBrN2/c57-41-17-3-1-7-19-45-33-39-55(53-27-15-13-25-51(45)53)59(47-21-9-5-10-22-47)49-35-29-43(30-36-49)44-31-37-50(38-32-44)60(48-23-11-6-12-24-48)56-40-34-46(20-8-2-4-18-42-58)52-26-14-16-28-54(52)56/h5-6,9-16,21-40H,1-4,7-8,17-20,41-42H2. The minimum Gasteiger partial charge on any atom is -0.310 e. The number of nitrogens with zero attached hydrogens (tertiary/aromatic N) is 2. The highest BCUT2D eigenvalue weighted by molar-refractivity contribution is 9.09. The molecule has 0 N–H and O–H groups in total. The predicted molar refractivity (Wildman–Crippen MR) is 265 cm³/mol. The van der Waals surface area contributed by atoms with Crippen molar-refractivity contribution in [2.45, 2.75) is 70.5 Å². The third-order valence-corrected chi connectivity index (χ3v) is 12.4. The van der Waals surface area contributed by atoms with Crippen LogP contribution in [0.4, 0.5) is 34.1 Å². The fraction of sp³-hybridized carbons (Fsp3) is 0.214. The number of rotatable bonds is 19. The van der Waals surface area contributed by atoms with Crippen LogP contribution in [0, 0.1) is 0 Å². The second-order valence-corrected chi connectivity index (χ2v) is 16.6. The molecule has 0 saturated heterocycles. The van der Waals surface area contributed by atoms with Crippen LogP contribution in [-0.2, 0) is 12.8 Å². The highest BCUT2D eigenvalue weighted by Gasteiger charge is 2.19. The van der Waals surface area contributed by atoms with E-state index in [1.165, 1.54) is 100 Å². The first-order valence-electron chi connectivity index (χ1n) is 21.9. The Balaban J connectivity index is 1.09. The number of aryl methyl sites for hydroxylation is 2. The SMILES string of the molecule is [B]CCCCCCc1ccc(N(c2ccccc2)c2ccc(-c3ccc(N(c4ccccc4)c4ccc(CCCCCCBr)c5ccccc45)cc3)cc2)c2ccccc12. The molecule has 2 radical (unpaired) electrons. The lowest BCUT2D eigenvalue weighted by atomic mass is 9.95. The van der Waals surface area contributed by atoms with E-state index < -0.39 is 0 Å². The minimum absolute atomic E-state index is 0.777. The quantitative estimate of drug-likeness (QED) is 0.0454. The molecule has 0 fully saturated rings. The van der Waals surface area contributed by atoms with Crippen LogP contribution >= 0.6 is 15.9 Å². The van der Waals surface area contributed by atoms with Crippen molar-refractivity contribution in [1.82, 2.24) is 0 Å². The summed E-state index contributed by atoms with van der Waals surface area (Å²) in [7, 11) is 5.76. The highest BCUT2D eigenvalue weighted by Crippen LogP contribution is 2.43. The molecule has 298 valence electrons. The van der Waals surface area contributed by atoms with Crippen LogP contribution < -0.4 is 9.80 Å². The number of unbranched alkanes of at least 4 members (excludes halogenated alkanes) is 6. The zero-order valence-corrected chi connectivity index (χ0v) is 36.2. The van der Waals surface area contributed by atoms with E-state index in [1.54, 1.807) is 0 Å². The van der Waals surface area contributed by atoms with E-state index in [4.69, 9.17) is 7.85 Å². The zero-order chi connectivity index (χ0) is 40.9. The third kappa shape index (κ3) is 9.56. The van der Waals surface area contributed by atoms with E-state index in [-0.39, 0.29) is 0 Å². The molecule has 0 amide bonds. The molecule has 8 rings (SSSR count). The Hall–Kier alpha value is -5.58. The fourth-order valence-electron chi connectivity index (χ4n) is 8.71. The number of para-hydroxylation sites is 2. The summed E-state index contributed by atoms with van der Waals surface area (Å²) in [6.07, 6.45) is 12.7. The molecular weight excluding hydrogens is 791 g/mol. The van der Waals surface area contributed by atoms with E-state index in [0.717, 1.165) is 53.7 Å². The molecule has 0 aliphatic heterocycles. The van der Waals surface area contributed by atoms with Gasteiger partial charge in [0.2, 0.25) is 0 Å². The molecule has 0 saturated carbocycles. The molecule has 0 aliphatic rings. The third-order valence-electron chi connectivity index (χ3n) is 11.8. The summed E-state index contributed by atoms with van der Waals surface area (Å²) < 4.78 is 0. The van der Waals surface area contributed by atoms with Crippen molar-refractivity contribution in [2.75, 3.05) is 15.1 Å². The number of benzene rings is 8. The van der Waals surface area contributed by atoms with Gasteiger partial charge in [0.25, 0.3) is 0 Å². The van der Waals surface area contributed by atoms with Gasteiger partial charge in [-0.1, -0.05) is 176 Å². The van der Waals surface area contributed by atoms with Crippen LogP contribution in [0.25, 0.3) is 32.7 Å². The van der Waals surface area contributed by atoms with Crippen molar-refractivity contribution in [3.8, 4) is 11.1 Å². The van der Waals surface area contributed by atoms with Gasteiger partial charge in [-0.3, -0.25) is 0 Å². The Morgan fingerprint density at radius 2 is 0.700 bits per heavy atom. The van der Waals surface area contributed by atoms with Crippen LogP contribution in [0.3, 0.4) is 0 Å². The molecule has 4 heteroatoms. The molecular formula is C56H54BBrN2.